The van der Waals surface area contributed by atoms with Crippen molar-refractivity contribution in [3.8, 4) is 5.75 Å². The fourth-order valence-corrected chi connectivity index (χ4v) is 2.21. The van der Waals surface area contributed by atoms with Crippen LogP contribution in [0.2, 0.25) is 0 Å². The number of esters is 1. The van der Waals surface area contributed by atoms with Crippen LogP contribution in [0.15, 0.2) is 24.3 Å². The molecule has 140 valence electrons. The summed E-state index contributed by atoms with van der Waals surface area (Å²) in [6.07, 6.45) is 0.308. The number of methoxy groups -OCH3 is 1. The largest absolute Gasteiger partial charge is 0.491 e. The van der Waals surface area contributed by atoms with Crippen molar-refractivity contribution in [1.82, 2.24) is 5.32 Å². The van der Waals surface area contributed by atoms with Crippen molar-refractivity contribution in [2.75, 3.05) is 13.7 Å². The summed E-state index contributed by atoms with van der Waals surface area (Å²) >= 11 is 0. The van der Waals surface area contributed by atoms with E-state index in [1.807, 2.05) is 20.8 Å². The first-order chi connectivity index (χ1) is 11.6. The Morgan fingerprint density at radius 2 is 1.72 bits per heavy atom. The standard InChI is InChI=1S/C19H29NO5/c1-13(2)11-15(20-18(22)25-19(3,4)5)12-24-16-9-7-14(8-10-16)17(21)23-6/h7-10,13,15H,11-12H2,1-6H3,(H,20,22)/t15-/m0/s1. The molecule has 0 bridgehead atoms. The number of hydrogen-bond donors (Lipinski definition) is 1. The van der Waals surface area contributed by atoms with Gasteiger partial charge in [-0.25, -0.2) is 9.59 Å². The Kier molecular flexibility index (Phi) is 7.74. The molecule has 1 N–H and O–H groups in total. The van der Waals surface area contributed by atoms with Gasteiger partial charge in [-0.2, -0.15) is 0 Å². The zero-order valence-corrected chi connectivity index (χ0v) is 15.9. The predicted molar refractivity (Wildman–Crippen MR) is 95.9 cm³/mol. The van der Waals surface area contributed by atoms with Gasteiger partial charge in [0.05, 0.1) is 18.7 Å². The van der Waals surface area contributed by atoms with Gasteiger partial charge in [0, 0.05) is 0 Å². The van der Waals surface area contributed by atoms with Crippen LogP contribution in [0.25, 0.3) is 0 Å². The maximum atomic E-state index is 12.0. The summed E-state index contributed by atoms with van der Waals surface area (Å²) in [7, 11) is 1.34. The molecule has 1 aromatic rings. The Hall–Kier alpha value is -2.24. The third-order valence-corrected chi connectivity index (χ3v) is 3.20. The van der Waals surface area contributed by atoms with Gasteiger partial charge in [-0.05, 0) is 57.4 Å². The molecule has 1 atom stereocenters. The molecule has 6 heteroatoms. The van der Waals surface area contributed by atoms with Crippen LogP contribution in [0.4, 0.5) is 4.79 Å². The fraction of sp³-hybridized carbons (Fsp3) is 0.579. The highest BCUT2D eigenvalue weighted by molar-refractivity contribution is 5.89. The Balaban J connectivity index is 2.63. The molecule has 0 aromatic heterocycles. The van der Waals surface area contributed by atoms with Gasteiger partial charge < -0.3 is 19.5 Å². The van der Waals surface area contributed by atoms with Crippen LogP contribution >= 0.6 is 0 Å². The van der Waals surface area contributed by atoms with E-state index in [-0.39, 0.29) is 6.04 Å². The second kappa shape index (κ2) is 9.30. The summed E-state index contributed by atoms with van der Waals surface area (Å²) in [6.45, 7) is 9.94. The first-order valence-corrected chi connectivity index (χ1v) is 8.41. The topological polar surface area (TPSA) is 73.9 Å². The molecule has 1 aromatic carbocycles. The van der Waals surface area contributed by atoms with Gasteiger partial charge >= 0.3 is 12.1 Å². The lowest BCUT2D eigenvalue weighted by atomic mass is 10.0. The van der Waals surface area contributed by atoms with Crippen LogP contribution in [0.1, 0.15) is 51.4 Å². The third kappa shape index (κ3) is 8.42. The van der Waals surface area contributed by atoms with Crippen molar-refractivity contribution in [3.05, 3.63) is 29.8 Å². The molecule has 0 aliphatic carbocycles. The molecule has 0 spiro atoms. The molecule has 0 aliphatic rings. The van der Waals surface area contributed by atoms with Gasteiger partial charge in [0.1, 0.15) is 18.0 Å². The van der Waals surface area contributed by atoms with E-state index >= 15 is 0 Å². The maximum absolute atomic E-state index is 12.0. The molecule has 0 unspecified atom stereocenters. The highest BCUT2D eigenvalue weighted by Gasteiger charge is 2.20. The third-order valence-electron chi connectivity index (χ3n) is 3.20. The number of rotatable bonds is 7. The van der Waals surface area contributed by atoms with Gasteiger partial charge in [-0.3, -0.25) is 0 Å². The average Bonchev–Trinajstić information content (AvgIpc) is 2.50. The minimum Gasteiger partial charge on any atom is -0.491 e. The quantitative estimate of drug-likeness (QED) is 0.757. The van der Waals surface area contributed by atoms with Gasteiger partial charge in [0.25, 0.3) is 0 Å². The van der Waals surface area contributed by atoms with Crippen molar-refractivity contribution in [1.29, 1.82) is 0 Å². The van der Waals surface area contributed by atoms with Crippen LogP contribution in [-0.4, -0.2) is 37.4 Å². The lowest BCUT2D eigenvalue weighted by Gasteiger charge is -2.24. The molecule has 1 rings (SSSR count). The number of benzene rings is 1. The molecule has 25 heavy (non-hydrogen) atoms. The van der Waals surface area contributed by atoms with Crippen LogP contribution in [0.5, 0.6) is 5.75 Å². The molecular formula is C19H29NO5. The summed E-state index contributed by atoms with van der Waals surface area (Å²) in [4.78, 5) is 23.4. The van der Waals surface area contributed by atoms with E-state index < -0.39 is 17.7 Å². The van der Waals surface area contributed by atoms with Crippen molar-refractivity contribution in [3.63, 3.8) is 0 Å². The fourth-order valence-electron chi connectivity index (χ4n) is 2.21. The van der Waals surface area contributed by atoms with E-state index in [1.54, 1.807) is 24.3 Å². The lowest BCUT2D eigenvalue weighted by molar-refractivity contribution is 0.0479. The monoisotopic (exact) mass is 351 g/mol. The van der Waals surface area contributed by atoms with E-state index in [0.717, 1.165) is 6.42 Å². The minimum absolute atomic E-state index is 0.171. The Morgan fingerprint density at radius 3 is 2.20 bits per heavy atom. The van der Waals surface area contributed by atoms with Gasteiger partial charge in [-0.15, -0.1) is 0 Å². The van der Waals surface area contributed by atoms with E-state index in [2.05, 4.69) is 23.9 Å². The van der Waals surface area contributed by atoms with Crippen LogP contribution in [-0.2, 0) is 9.47 Å². The lowest BCUT2D eigenvalue weighted by Crippen LogP contribution is -2.42. The molecular weight excluding hydrogens is 322 g/mol. The average molecular weight is 351 g/mol. The number of amides is 1. The molecule has 6 nitrogen and oxygen atoms in total. The first kappa shape index (κ1) is 20.8. The Morgan fingerprint density at radius 1 is 1.12 bits per heavy atom. The summed E-state index contributed by atoms with van der Waals surface area (Å²) in [6, 6.07) is 6.51. The molecule has 0 radical (unpaired) electrons. The van der Waals surface area contributed by atoms with Crippen molar-refractivity contribution in [2.24, 2.45) is 5.92 Å². The molecule has 0 saturated carbocycles. The second-order valence-corrected chi connectivity index (χ2v) is 7.30. The highest BCUT2D eigenvalue weighted by atomic mass is 16.6. The molecule has 1 amide bonds. The zero-order valence-electron chi connectivity index (χ0n) is 15.9. The number of carbonyl (C=O) groups is 2. The molecule has 0 fully saturated rings. The summed E-state index contributed by atoms with van der Waals surface area (Å²) < 4.78 is 15.7. The predicted octanol–water partition coefficient (Wildman–Crippen LogP) is 3.79. The van der Waals surface area contributed by atoms with E-state index in [1.165, 1.54) is 7.11 Å². The SMILES string of the molecule is COC(=O)c1ccc(OC[C@H](CC(C)C)NC(=O)OC(C)(C)C)cc1. The van der Waals surface area contributed by atoms with Gasteiger partial charge in [-0.1, -0.05) is 13.8 Å². The van der Waals surface area contributed by atoms with E-state index in [4.69, 9.17) is 9.47 Å². The van der Waals surface area contributed by atoms with Gasteiger partial charge in [0.15, 0.2) is 0 Å². The van der Waals surface area contributed by atoms with Crippen molar-refractivity contribution < 1.29 is 23.8 Å². The highest BCUT2D eigenvalue weighted by Crippen LogP contribution is 2.15. The second-order valence-electron chi connectivity index (χ2n) is 7.30. The number of alkyl carbamates (subject to hydrolysis) is 1. The van der Waals surface area contributed by atoms with Gasteiger partial charge in [0.2, 0.25) is 0 Å². The smallest absolute Gasteiger partial charge is 0.407 e. The number of ether oxygens (including phenoxy) is 3. The number of hydrogen-bond acceptors (Lipinski definition) is 5. The number of nitrogens with one attached hydrogen (secondary N) is 1. The summed E-state index contributed by atoms with van der Waals surface area (Å²) in [5.74, 6) is 0.619. The summed E-state index contributed by atoms with van der Waals surface area (Å²) in [5.41, 5.74) is -0.0858. The molecule has 0 aliphatic heterocycles. The molecule has 0 saturated heterocycles. The first-order valence-electron chi connectivity index (χ1n) is 8.41. The maximum Gasteiger partial charge on any atom is 0.407 e. The van der Waals surface area contributed by atoms with Crippen LogP contribution < -0.4 is 10.1 Å². The zero-order chi connectivity index (χ0) is 19.0. The Labute approximate surface area is 149 Å². The van der Waals surface area contributed by atoms with Crippen molar-refractivity contribution in [2.45, 2.75) is 52.7 Å². The minimum atomic E-state index is -0.545. The molecule has 0 heterocycles. The van der Waals surface area contributed by atoms with Crippen LogP contribution in [0, 0.1) is 5.92 Å². The summed E-state index contributed by atoms with van der Waals surface area (Å²) in [5, 5.41) is 2.85. The Bertz CT molecular complexity index is 560. The normalized spacial score (nSPS) is 12.4. The van der Waals surface area contributed by atoms with Crippen LogP contribution in [0.3, 0.4) is 0 Å². The van der Waals surface area contributed by atoms with Crippen molar-refractivity contribution >= 4 is 12.1 Å². The van der Waals surface area contributed by atoms with E-state index in [9.17, 15) is 9.59 Å². The number of carbonyl (C=O) groups excluding carboxylic acids is 2. The van der Waals surface area contributed by atoms with E-state index in [0.29, 0.717) is 23.8 Å².